The lowest BCUT2D eigenvalue weighted by molar-refractivity contribution is -0.645. The third-order valence-corrected chi connectivity index (χ3v) is 10.5. The molecule has 0 spiro atoms. The van der Waals surface area contributed by atoms with E-state index < -0.39 is 16.3 Å². The van der Waals surface area contributed by atoms with Crippen molar-refractivity contribution in [3.05, 3.63) is 137 Å². The Labute approximate surface area is 266 Å². The molecule has 0 aliphatic carbocycles. The number of sulfonamides is 1. The number of aromatic nitrogens is 2. The zero-order chi connectivity index (χ0) is 31.4. The van der Waals surface area contributed by atoms with E-state index in [1.807, 2.05) is 66.7 Å². The Hall–Kier alpha value is -3.84. The van der Waals surface area contributed by atoms with Gasteiger partial charge in [0.05, 0.1) is 24.3 Å². The molecule has 1 fully saturated rings. The van der Waals surface area contributed by atoms with Crippen LogP contribution in [0.25, 0.3) is 10.9 Å². The van der Waals surface area contributed by atoms with Gasteiger partial charge in [0.15, 0.2) is 12.5 Å². The minimum absolute atomic E-state index is 0.0326. The lowest BCUT2D eigenvalue weighted by Gasteiger charge is -2.41. The third-order valence-electron chi connectivity index (χ3n) is 7.91. The molecule has 0 saturated carbocycles. The number of hydrogen-bond donors (Lipinski definition) is 2. The number of fused-ring (bicyclic) bond motifs is 1. The molecule has 2 aromatic heterocycles. The molecule has 0 radical (unpaired) electrons. The van der Waals surface area contributed by atoms with Crippen LogP contribution in [0.1, 0.15) is 41.6 Å². The summed E-state index contributed by atoms with van der Waals surface area (Å²) in [5, 5.41) is 23.1. The van der Waals surface area contributed by atoms with Crippen LogP contribution in [-0.2, 0) is 32.6 Å². The van der Waals surface area contributed by atoms with Crippen molar-refractivity contribution in [2.45, 2.75) is 48.5 Å². The number of thioether (sulfide) groups is 1. The zero-order valence-corrected chi connectivity index (χ0v) is 26.2. The Balaban J connectivity index is 1.19. The van der Waals surface area contributed by atoms with Gasteiger partial charge in [-0.3, -0.25) is 4.98 Å². The van der Waals surface area contributed by atoms with Crippen molar-refractivity contribution in [3.8, 4) is 0 Å². The summed E-state index contributed by atoms with van der Waals surface area (Å²) in [7, 11) is -3.81. The van der Waals surface area contributed by atoms with Crippen LogP contribution in [0.15, 0.2) is 119 Å². The van der Waals surface area contributed by atoms with Gasteiger partial charge in [-0.05, 0) is 34.9 Å². The number of para-hydroxylation sites is 1. The highest BCUT2D eigenvalue weighted by atomic mass is 32.2. The standard InChI is InChI=1S/C34H33N3O6S2/c1-23-29(22-44-31-9-2-3-19-37(31)39)42-34(43-33(23)27-14-12-25(21-38)13-15-27)28-16-10-24(11-17-28)20-36-45(40,41)30-8-4-6-26-7-5-18-35-32(26)30/h2-19,23,29,33-34,36,38H,20-22H2,1H3. The Morgan fingerprint density at radius 3 is 2.40 bits per heavy atom. The molecule has 3 heterocycles. The van der Waals surface area contributed by atoms with Crippen LogP contribution >= 0.6 is 11.8 Å². The number of benzene rings is 3. The summed E-state index contributed by atoms with van der Waals surface area (Å²) in [5.41, 5.74) is 3.77. The van der Waals surface area contributed by atoms with Crippen molar-refractivity contribution in [1.82, 2.24) is 9.71 Å². The lowest BCUT2D eigenvalue weighted by Crippen LogP contribution is -2.39. The summed E-state index contributed by atoms with van der Waals surface area (Å²) >= 11 is 1.44. The fraction of sp³-hybridized carbons (Fsp3) is 0.235. The first-order chi connectivity index (χ1) is 21.8. The third kappa shape index (κ3) is 7.04. The van der Waals surface area contributed by atoms with Crippen LogP contribution < -0.4 is 9.45 Å². The van der Waals surface area contributed by atoms with Crippen molar-refractivity contribution in [2.75, 3.05) is 5.75 Å². The fourth-order valence-electron chi connectivity index (χ4n) is 5.34. The summed E-state index contributed by atoms with van der Waals surface area (Å²) in [5.74, 6) is 0.510. The number of nitrogens with zero attached hydrogens (tertiary/aromatic N) is 2. The van der Waals surface area contributed by atoms with Gasteiger partial charge in [0.1, 0.15) is 4.90 Å². The summed E-state index contributed by atoms with van der Waals surface area (Å²) in [4.78, 5) is 4.41. The highest BCUT2D eigenvalue weighted by Gasteiger charge is 2.38. The normalized spacial score (nSPS) is 20.3. The number of rotatable bonds is 10. The maximum Gasteiger partial charge on any atom is 0.251 e. The summed E-state index contributed by atoms with van der Waals surface area (Å²) in [6.45, 7) is 2.13. The average Bonchev–Trinajstić information content (AvgIpc) is 3.07. The number of nitrogens with one attached hydrogen (secondary N) is 1. The Kier molecular flexibility index (Phi) is 9.45. The van der Waals surface area contributed by atoms with E-state index in [1.54, 1.807) is 36.5 Å². The number of hydrogen-bond acceptors (Lipinski definition) is 8. The second-order valence-electron chi connectivity index (χ2n) is 10.9. The summed E-state index contributed by atoms with van der Waals surface area (Å²) < 4.78 is 42.9. The Bertz CT molecular complexity index is 1860. The maximum atomic E-state index is 13.2. The topological polar surface area (TPSA) is 125 Å². The SMILES string of the molecule is CC1C(CSc2cccc[n+]2[O-])OC(c2ccc(CNS(=O)(=O)c3cccc4cccnc34)cc2)OC1c1ccc(CO)cc1. The van der Waals surface area contributed by atoms with E-state index in [2.05, 4.69) is 16.6 Å². The smallest absolute Gasteiger partial charge is 0.251 e. The lowest BCUT2D eigenvalue weighted by atomic mass is 9.91. The zero-order valence-electron chi connectivity index (χ0n) is 24.5. The minimum atomic E-state index is -3.81. The van der Waals surface area contributed by atoms with Gasteiger partial charge >= 0.3 is 0 Å². The first kappa shape index (κ1) is 31.2. The molecule has 6 rings (SSSR count). The molecule has 4 unspecified atom stereocenters. The minimum Gasteiger partial charge on any atom is -0.618 e. The second-order valence-corrected chi connectivity index (χ2v) is 13.7. The van der Waals surface area contributed by atoms with Crippen LogP contribution in [0.3, 0.4) is 0 Å². The molecule has 4 atom stereocenters. The van der Waals surface area contributed by atoms with E-state index in [4.69, 9.17) is 9.47 Å². The highest BCUT2D eigenvalue weighted by molar-refractivity contribution is 7.99. The quantitative estimate of drug-likeness (QED) is 0.117. The number of aliphatic hydroxyl groups is 1. The molecule has 0 amide bonds. The predicted octanol–water partition coefficient (Wildman–Crippen LogP) is 5.42. The van der Waals surface area contributed by atoms with Gasteiger partial charge in [-0.2, -0.15) is 4.73 Å². The van der Waals surface area contributed by atoms with E-state index in [-0.39, 0.29) is 36.2 Å². The monoisotopic (exact) mass is 643 g/mol. The first-order valence-electron chi connectivity index (χ1n) is 14.6. The first-order valence-corrected chi connectivity index (χ1v) is 17.0. The van der Waals surface area contributed by atoms with Crippen LogP contribution in [0.2, 0.25) is 0 Å². The average molecular weight is 644 g/mol. The second kappa shape index (κ2) is 13.7. The van der Waals surface area contributed by atoms with E-state index in [1.165, 1.54) is 18.0 Å². The molecule has 9 nitrogen and oxygen atoms in total. The van der Waals surface area contributed by atoms with Gasteiger partial charge in [-0.15, -0.1) is 0 Å². The van der Waals surface area contributed by atoms with Crippen molar-refractivity contribution in [2.24, 2.45) is 5.92 Å². The number of aliphatic hydroxyl groups excluding tert-OH is 1. The largest absolute Gasteiger partial charge is 0.618 e. The molecule has 2 N–H and O–H groups in total. The highest BCUT2D eigenvalue weighted by Crippen LogP contribution is 2.42. The van der Waals surface area contributed by atoms with Crippen molar-refractivity contribution in [3.63, 3.8) is 0 Å². The predicted molar refractivity (Wildman–Crippen MR) is 171 cm³/mol. The van der Waals surface area contributed by atoms with E-state index in [0.29, 0.717) is 16.3 Å². The van der Waals surface area contributed by atoms with Gasteiger partial charge < -0.3 is 19.8 Å². The van der Waals surface area contributed by atoms with Crippen molar-refractivity contribution in [1.29, 1.82) is 0 Å². The molecule has 45 heavy (non-hydrogen) atoms. The molecule has 0 bridgehead atoms. The molecule has 1 aliphatic heterocycles. The van der Waals surface area contributed by atoms with Gasteiger partial charge in [-0.25, -0.2) is 13.1 Å². The van der Waals surface area contributed by atoms with Crippen molar-refractivity contribution < 1.29 is 27.7 Å². The molecular weight excluding hydrogens is 611 g/mol. The fourth-order valence-corrected chi connectivity index (χ4v) is 7.62. The van der Waals surface area contributed by atoms with E-state index in [9.17, 15) is 18.7 Å². The molecular formula is C34H33N3O6S2. The van der Waals surface area contributed by atoms with Crippen molar-refractivity contribution >= 4 is 32.7 Å². The van der Waals surface area contributed by atoms with Gasteiger partial charge in [-0.1, -0.05) is 85.4 Å². The van der Waals surface area contributed by atoms with Crippen LogP contribution in [0.5, 0.6) is 0 Å². The Morgan fingerprint density at radius 1 is 0.911 bits per heavy atom. The molecule has 11 heteroatoms. The number of ether oxygens (including phenoxy) is 2. The van der Waals surface area contributed by atoms with Gasteiger partial charge in [0, 0.05) is 47.5 Å². The van der Waals surface area contributed by atoms with Crippen LogP contribution in [0.4, 0.5) is 0 Å². The van der Waals surface area contributed by atoms with E-state index >= 15 is 0 Å². The number of pyridine rings is 2. The van der Waals surface area contributed by atoms with Crippen LogP contribution in [0, 0.1) is 11.1 Å². The van der Waals surface area contributed by atoms with E-state index in [0.717, 1.165) is 32.4 Å². The van der Waals surface area contributed by atoms with Gasteiger partial charge in [0.25, 0.3) is 5.03 Å². The molecule has 1 saturated heterocycles. The molecule has 3 aromatic carbocycles. The van der Waals surface area contributed by atoms with Crippen LogP contribution in [-0.4, -0.2) is 30.4 Å². The molecule has 5 aromatic rings. The molecule has 232 valence electrons. The Morgan fingerprint density at radius 2 is 1.64 bits per heavy atom. The summed E-state index contributed by atoms with van der Waals surface area (Å²) in [6.07, 6.45) is 1.84. The molecule has 1 aliphatic rings. The maximum absolute atomic E-state index is 13.2. The van der Waals surface area contributed by atoms with Gasteiger partial charge in [0.2, 0.25) is 10.0 Å². The summed E-state index contributed by atoms with van der Waals surface area (Å²) in [6, 6.07) is 29.1.